The molecule has 5 atom stereocenters. The molecule has 0 radical (unpaired) electrons. The summed E-state index contributed by atoms with van der Waals surface area (Å²) in [6.07, 6.45) is 20.0. The molecule has 4 aliphatic carbocycles. The van der Waals surface area contributed by atoms with E-state index >= 15 is 0 Å². The van der Waals surface area contributed by atoms with Crippen LogP contribution in [-0.2, 0) is 5.41 Å². The molecule has 55 heavy (non-hydrogen) atoms. The summed E-state index contributed by atoms with van der Waals surface area (Å²) in [6.45, 7) is 2.96. The van der Waals surface area contributed by atoms with Crippen LogP contribution in [0.5, 0.6) is 0 Å². The number of hydrogen-bond donors (Lipinski definition) is 1. The lowest BCUT2D eigenvalue weighted by Crippen LogP contribution is -2.38. The molecule has 0 aromatic heterocycles. The molecular weight excluding hydrogens is 667 g/mol. The Bertz CT molecular complexity index is 2510. The quantitative estimate of drug-likeness (QED) is 0.135. The van der Waals surface area contributed by atoms with Gasteiger partial charge in [-0.15, -0.1) is 0 Å². The van der Waals surface area contributed by atoms with Crippen molar-refractivity contribution in [3.05, 3.63) is 233 Å². The fourth-order valence-electron chi connectivity index (χ4n) is 10.5. The number of fused-ring (bicyclic) bond motifs is 6. The minimum absolute atomic E-state index is 0.118. The van der Waals surface area contributed by atoms with Crippen LogP contribution >= 0.6 is 0 Å². The van der Waals surface area contributed by atoms with Gasteiger partial charge in [0.25, 0.3) is 0 Å². The Morgan fingerprint density at radius 2 is 1.40 bits per heavy atom. The first-order valence-electron chi connectivity index (χ1n) is 19.8. The van der Waals surface area contributed by atoms with Gasteiger partial charge in [-0.1, -0.05) is 189 Å². The summed E-state index contributed by atoms with van der Waals surface area (Å²) in [6, 6.07) is 51.4. The van der Waals surface area contributed by atoms with Crippen molar-refractivity contribution >= 4 is 11.3 Å². The van der Waals surface area contributed by atoms with Gasteiger partial charge in [-0.25, -0.2) is 0 Å². The molecule has 1 fully saturated rings. The van der Waals surface area contributed by atoms with E-state index in [9.17, 15) is 0 Å². The average molecular weight is 710 g/mol. The second kappa shape index (κ2) is 12.5. The number of aliphatic imine (C=N–C) groups is 1. The fourth-order valence-corrected chi connectivity index (χ4v) is 10.5. The Hall–Kier alpha value is -6.03. The molecule has 0 bridgehead atoms. The van der Waals surface area contributed by atoms with Gasteiger partial charge < -0.3 is 4.90 Å². The Morgan fingerprint density at radius 3 is 2.11 bits per heavy atom. The summed E-state index contributed by atoms with van der Waals surface area (Å²) in [5, 5.41) is 3.78. The predicted octanol–water partition coefficient (Wildman–Crippen LogP) is 10.5. The summed E-state index contributed by atoms with van der Waals surface area (Å²) in [4.78, 5) is 8.29. The van der Waals surface area contributed by atoms with Crippen molar-refractivity contribution in [3.8, 4) is 11.1 Å². The van der Waals surface area contributed by atoms with Gasteiger partial charge in [-0.2, -0.15) is 0 Å². The van der Waals surface area contributed by atoms with Crippen molar-refractivity contribution in [1.29, 1.82) is 0 Å². The Kier molecular flexibility index (Phi) is 7.37. The molecular formula is C52H43N3. The highest BCUT2D eigenvalue weighted by Crippen LogP contribution is 2.58. The van der Waals surface area contributed by atoms with Crippen LogP contribution in [-0.4, -0.2) is 34.9 Å². The summed E-state index contributed by atoms with van der Waals surface area (Å²) in [7, 11) is 0. The summed E-state index contributed by atoms with van der Waals surface area (Å²) >= 11 is 0. The van der Waals surface area contributed by atoms with Crippen LogP contribution in [0, 0.1) is 11.8 Å². The first kappa shape index (κ1) is 32.4. The highest BCUT2D eigenvalue weighted by Gasteiger charge is 2.55. The van der Waals surface area contributed by atoms with Crippen LogP contribution in [0.4, 0.5) is 0 Å². The van der Waals surface area contributed by atoms with E-state index in [0.29, 0.717) is 12.6 Å². The normalized spacial score (nSPS) is 26.4. The molecule has 1 saturated heterocycles. The molecule has 0 spiro atoms. The van der Waals surface area contributed by atoms with Crippen molar-refractivity contribution in [2.24, 2.45) is 16.8 Å². The largest absolute Gasteiger partial charge is 0.345 e. The third-order valence-electron chi connectivity index (χ3n) is 13.0. The molecule has 5 aromatic rings. The van der Waals surface area contributed by atoms with Gasteiger partial charge in [0.2, 0.25) is 0 Å². The predicted molar refractivity (Wildman–Crippen MR) is 226 cm³/mol. The lowest BCUT2D eigenvalue weighted by molar-refractivity contribution is 0.310. The van der Waals surface area contributed by atoms with Gasteiger partial charge in [-0.3, -0.25) is 10.3 Å². The first-order chi connectivity index (χ1) is 27.2. The van der Waals surface area contributed by atoms with Crippen LogP contribution in [0.2, 0.25) is 0 Å². The lowest BCUT2D eigenvalue weighted by Gasteiger charge is -2.39. The smallest absolute Gasteiger partial charge is 0.111 e. The van der Waals surface area contributed by atoms with E-state index in [0.717, 1.165) is 12.1 Å². The van der Waals surface area contributed by atoms with Gasteiger partial charge in [0.05, 0.1) is 28.7 Å². The highest BCUT2D eigenvalue weighted by atomic mass is 15.3. The van der Waals surface area contributed by atoms with Gasteiger partial charge in [-0.05, 0) is 74.1 Å². The van der Waals surface area contributed by atoms with E-state index in [1.54, 1.807) is 0 Å². The minimum Gasteiger partial charge on any atom is -0.345 e. The van der Waals surface area contributed by atoms with E-state index in [2.05, 4.69) is 205 Å². The fraction of sp³-hybridized carbons (Fsp3) is 0.173. The molecule has 1 N–H and O–H groups in total. The topological polar surface area (TPSA) is 37.5 Å². The molecule has 3 heteroatoms. The minimum atomic E-state index is -0.440. The van der Waals surface area contributed by atoms with Crippen molar-refractivity contribution in [2.75, 3.05) is 6.67 Å². The molecule has 0 amide bonds. The van der Waals surface area contributed by atoms with Crippen molar-refractivity contribution in [1.82, 2.24) is 10.2 Å². The van der Waals surface area contributed by atoms with Crippen LogP contribution in [0.3, 0.4) is 0 Å². The zero-order valence-electron chi connectivity index (χ0n) is 31.0. The summed E-state index contributed by atoms with van der Waals surface area (Å²) in [5.74, 6) is 0.690. The Labute approximate surface area is 324 Å². The molecule has 2 heterocycles. The monoisotopic (exact) mass is 709 g/mol. The lowest BCUT2D eigenvalue weighted by atomic mass is 9.65. The second-order valence-electron chi connectivity index (χ2n) is 15.9. The number of allylic oxidation sites excluding steroid dienone is 6. The number of nitrogens with zero attached hydrogens (tertiary/aromatic N) is 2. The van der Waals surface area contributed by atoms with E-state index < -0.39 is 5.41 Å². The van der Waals surface area contributed by atoms with Crippen molar-refractivity contribution < 1.29 is 0 Å². The van der Waals surface area contributed by atoms with E-state index in [1.165, 1.54) is 61.4 Å². The molecule has 0 saturated carbocycles. The number of rotatable bonds is 7. The molecule has 266 valence electrons. The number of hydrogen-bond acceptors (Lipinski definition) is 3. The Morgan fingerprint density at radius 1 is 0.745 bits per heavy atom. The van der Waals surface area contributed by atoms with E-state index in [1.807, 2.05) is 0 Å². The highest BCUT2D eigenvalue weighted by molar-refractivity contribution is 6.12. The van der Waals surface area contributed by atoms with Crippen LogP contribution in [0.15, 0.2) is 210 Å². The maximum Gasteiger partial charge on any atom is 0.111 e. The maximum absolute atomic E-state index is 5.66. The average Bonchev–Trinajstić information content (AvgIpc) is 3.82. The van der Waals surface area contributed by atoms with Crippen LogP contribution in [0.1, 0.15) is 41.2 Å². The van der Waals surface area contributed by atoms with E-state index in [4.69, 9.17) is 4.99 Å². The summed E-state index contributed by atoms with van der Waals surface area (Å²) < 4.78 is 0. The first-order valence-corrected chi connectivity index (χ1v) is 19.8. The maximum atomic E-state index is 5.66. The Balaban J connectivity index is 1.10. The van der Waals surface area contributed by atoms with Gasteiger partial charge >= 0.3 is 0 Å². The van der Waals surface area contributed by atoms with Gasteiger partial charge in [0.1, 0.15) is 6.67 Å². The van der Waals surface area contributed by atoms with E-state index in [-0.39, 0.29) is 23.5 Å². The molecule has 6 aliphatic rings. The van der Waals surface area contributed by atoms with Crippen LogP contribution in [0.25, 0.3) is 16.7 Å². The molecule has 11 rings (SSSR count). The summed E-state index contributed by atoms with van der Waals surface area (Å²) in [5.41, 5.74) is 15.1. The SMILES string of the molecule is CC1CC2=C(C=C1c1ccccc1)N(CN=C(c1ccccc1)C13C=CC=CC1N3)C1C=C(C3(c4ccccc4)c4ccccc4-c4ccccc43)C=CC21. The third-order valence-corrected chi connectivity index (χ3v) is 13.0. The standard InChI is InChI=1S/C52H43N3/c1-35-31-44-42-29-28-39(52(38-21-9-4-10-22-38)45-25-13-11-23-40(45)41-24-12-14-26-46(41)52)32-47(42)55(48(44)33-43(35)36-17-5-2-6-18-36)34-53-50(37-19-7-3-8-20-37)51-30-16-15-27-49(51)54-51/h2-30,32-33,35,42,47,49,54H,31,34H2,1H3. The zero-order chi connectivity index (χ0) is 36.6. The molecule has 2 aliphatic heterocycles. The van der Waals surface area contributed by atoms with Crippen molar-refractivity contribution in [3.63, 3.8) is 0 Å². The van der Waals surface area contributed by atoms with Gasteiger partial charge in [0, 0.05) is 11.6 Å². The molecule has 3 nitrogen and oxygen atoms in total. The van der Waals surface area contributed by atoms with Crippen LogP contribution < -0.4 is 5.32 Å². The van der Waals surface area contributed by atoms with Crippen molar-refractivity contribution in [2.45, 2.75) is 36.4 Å². The third kappa shape index (κ3) is 4.82. The number of benzene rings is 5. The molecule has 5 unspecified atom stereocenters. The van der Waals surface area contributed by atoms with Gasteiger partial charge in [0.15, 0.2) is 0 Å². The number of nitrogens with one attached hydrogen (secondary N) is 1. The second-order valence-corrected chi connectivity index (χ2v) is 15.9. The molecule has 5 aromatic carbocycles. The zero-order valence-corrected chi connectivity index (χ0v) is 31.0.